The van der Waals surface area contributed by atoms with E-state index in [9.17, 15) is 9.46 Å². The molecule has 0 aromatic heterocycles. The highest BCUT2D eigenvalue weighted by molar-refractivity contribution is 7.53. The Kier molecular flexibility index (Phi) is 4.24. The van der Waals surface area contributed by atoms with Crippen LogP contribution < -0.4 is 5.32 Å². The van der Waals surface area contributed by atoms with Gasteiger partial charge in [0.25, 0.3) is 0 Å². The Morgan fingerprint density at radius 3 is 2.73 bits per heavy atom. The summed E-state index contributed by atoms with van der Waals surface area (Å²) in [5.74, 6) is 0. The zero-order chi connectivity index (χ0) is 10.2. The molecular weight excluding hydrogens is 237 g/mol. The molecule has 0 aromatic rings. The lowest BCUT2D eigenvalue weighted by Crippen LogP contribution is -2.40. The van der Waals surface area contributed by atoms with Crippen LogP contribution in [0.4, 0.5) is 0 Å². The number of nitrogens with one attached hydrogen (secondary N) is 1. The minimum absolute atomic E-state index is 0. The molecule has 90 valence electrons. The average molecular weight is 256 g/mol. The highest BCUT2D eigenvalue weighted by Gasteiger charge is 2.55. The maximum Gasteiger partial charge on any atom is 0.333 e. The van der Waals surface area contributed by atoms with Crippen LogP contribution in [0.1, 0.15) is 26.2 Å². The van der Waals surface area contributed by atoms with E-state index in [4.69, 9.17) is 4.52 Å². The monoisotopic (exact) mass is 255 g/mol. The van der Waals surface area contributed by atoms with Crippen molar-refractivity contribution in [1.82, 2.24) is 5.32 Å². The first-order valence-corrected chi connectivity index (χ1v) is 6.93. The molecule has 2 fully saturated rings. The molecule has 1 saturated carbocycles. The van der Waals surface area contributed by atoms with E-state index in [0.29, 0.717) is 13.2 Å². The Balaban J connectivity index is 0.00000112. The van der Waals surface area contributed by atoms with Crippen LogP contribution in [-0.4, -0.2) is 30.2 Å². The minimum Gasteiger partial charge on any atom is -0.324 e. The molecule has 1 aliphatic heterocycles. The number of hydrogen-bond acceptors (Lipinski definition) is 3. The smallest absolute Gasteiger partial charge is 0.324 e. The van der Waals surface area contributed by atoms with Gasteiger partial charge in [-0.1, -0.05) is 6.42 Å². The van der Waals surface area contributed by atoms with Crippen molar-refractivity contribution in [2.45, 2.75) is 31.8 Å². The highest BCUT2D eigenvalue weighted by atomic mass is 35.5. The van der Waals surface area contributed by atoms with Crippen LogP contribution >= 0.6 is 20.0 Å². The van der Waals surface area contributed by atoms with E-state index in [1.807, 2.05) is 0 Å². The third-order valence-corrected chi connectivity index (χ3v) is 5.73. The third-order valence-electron chi connectivity index (χ3n) is 3.58. The average Bonchev–Trinajstić information content (AvgIpc) is 2.46. The summed E-state index contributed by atoms with van der Waals surface area (Å²) < 4.78 is 16.9. The van der Waals surface area contributed by atoms with Gasteiger partial charge < -0.3 is 14.7 Å². The molecular formula is C9H19ClNO3P. The predicted molar refractivity (Wildman–Crippen MR) is 61.6 cm³/mol. The maximum atomic E-state index is 11.9. The molecule has 1 heterocycles. The van der Waals surface area contributed by atoms with Crippen molar-refractivity contribution >= 4 is 20.0 Å². The zero-order valence-electron chi connectivity index (χ0n) is 8.94. The summed E-state index contributed by atoms with van der Waals surface area (Å²) in [7, 11) is -3.39. The number of halogens is 1. The second-order valence-electron chi connectivity index (χ2n) is 4.34. The summed E-state index contributed by atoms with van der Waals surface area (Å²) >= 11 is 0. The second-order valence-corrected chi connectivity index (χ2v) is 6.35. The van der Waals surface area contributed by atoms with Crippen LogP contribution in [0.5, 0.6) is 0 Å². The lowest BCUT2D eigenvalue weighted by molar-refractivity contribution is 0.144. The molecule has 1 spiro atoms. The summed E-state index contributed by atoms with van der Waals surface area (Å²) in [6, 6.07) is 0. The third kappa shape index (κ3) is 2.25. The van der Waals surface area contributed by atoms with Crippen LogP contribution in [0.2, 0.25) is 0 Å². The number of rotatable bonds is 3. The first-order chi connectivity index (χ1) is 6.61. The summed E-state index contributed by atoms with van der Waals surface area (Å²) in [5.41, 5.74) is -0.108. The molecule has 0 bridgehead atoms. The van der Waals surface area contributed by atoms with E-state index < -0.39 is 7.60 Å². The van der Waals surface area contributed by atoms with Gasteiger partial charge in [-0.15, -0.1) is 12.4 Å². The lowest BCUT2D eigenvalue weighted by Gasteiger charge is -2.43. The van der Waals surface area contributed by atoms with Crippen LogP contribution in [0, 0.1) is 5.41 Å². The van der Waals surface area contributed by atoms with Gasteiger partial charge in [-0.3, -0.25) is 4.57 Å². The fraction of sp³-hybridized carbons (Fsp3) is 1.00. The molecule has 2 unspecified atom stereocenters. The van der Waals surface area contributed by atoms with E-state index in [1.165, 1.54) is 6.42 Å². The summed E-state index contributed by atoms with van der Waals surface area (Å²) in [4.78, 5) is 9.81. The molecule has 1 aliphatic carbocycles. The second kappa shape index (κ2) is 4.72. The maximum absolute atomic E-state index is 11.9. The van der Waals surface area contributed by atoms with Crippen LogP contribution in [0.3, 0.4) is 0 Å². The molecule has 1 saturated heterocycles. The molecule has 2 N–H and O–H groups in total. The normalized spacial score (nSPS) is 31.7. The molecule has 2 atom stereocenters. The fourth-order valence-electron chi connectivity index (χ4n) is 2.67. The quantitative estimate of drug-likeness (QED) is 0.755. The molecule has 0 amide bonds. The van der Waals surface area contributed by atoms with Crippen molar-refractivity contribution < 1.29 is 14.0 Å². The minimum atomic E-state index is -3.39. The molecule has 4 nitrogen and oxygen atoms in total. The van der Waals surface area contributed by atoms with Crippen molar-refractivity contribution in [2.75, 3.05) is 19.7 Å². The largest absolute Gasteiger partial charge is 0.333 e. The van der Waals surface area contributed by atoms with Gasteiger partial charge in [0.2, 0.25) is 0 Å². The summed E-state index contributed by atoms with van der Waals surface area (Å²) in [6.45, 7) is 3.60. The van der Waals surface area contributed by atoms with Gasteiger partial charge in [0.15, 0.2) is 0 Å². The Bertz CT molecular complexity index is 270. The molecule has 2 rings (SSSR count). The Labute approximate surface area is 96.7 Å². The van der Waals surface area contributed by atoms with Crippen molar-refractivity contribution in [1.29, 1.82) is 0 Å². The SMILES string of the molecule is CCOP(=O)(O)C1CNCC12CCC2.Cl. The first kappa shape index (κ1) is 13.5. The van der Waals surface area contributed by atoms with Crippen LogP contribution in [0.15, 0.2) is 0 Å². The standard InChI is InChI=1S/C9H18NO3P.ClH/c1-2-13-14(11,12)8-6-10-7-9(8)4-3-5-9;/h8,10H,2-7H2,1H3,(H,11,12);1H. The molecule has 15 heavy (non-hydrogen) atoms. The van der Waals surface area contributed by atoms with E-state index in [1.54, 1.807) is 6.92 Å². The first-order valence-electron chi connectivity index (χ1n) is 5.28. The molecule has 0 aromatic carbocycles. The van der Waals surface area contributed by atoms with Crippen molar-refractivity contribution in [2.24, 2.45) is 5.41 Å². The van der Waals surface area contributed by atoms with Gasteiger partial charge in [-0.05, 0) is 25.2 Å². The highest BCUT2D eigenvalue weighted by Crippen LogP contribution is 2.61. The van der Waals surface area contributed by atoms with E-state index in [2.05, 4.69) is 5.32 Å². The van der Waals surface area contributed by atoms with E-state index >= 15 is 0 Å². The Morgan fingerprint density at radius 1 is 1.60 bits per heavy atom. The predicted octanol–water partition coefficient (Wildman–Crippen LogP) is 1.77. The summed E-state index contributed by atoms with van der Waals surface area (Å²) in [6.07, 6.45) is 3.33. The van der Waals surface area contributed by atoms with Gasteiger partial charge >= 0.3 is 7.60 Å². The van der Waals surface area contributed by atoms with E-state index in [-0.39, 0.29) is 23.5 Å². The van der Waals surface area contributed by atoms with Crippen molar-refractivity contribution in [3.63, 3.8) is 0 Å². The van der Waals surface area contributed by atoms with E-state index in [0.717, 1.165) is 19.4 Å². The molecule has 6 heteroatoms. The topological polar surface area (TPSA) is 58.6 Å². The van der Waals surface area contributed by atoms with Gasteiger partial charge in [0.1, 0.15) is 0 Å². The van der Waals surface area contributed by atoms with Gasteiger partial charge in [-0.2, -0.15) is 0 Å². The summed E-state index contributed by atoms with van der Waals surface area (Å²) in [5, 5.41) is 3.22. The van der Waals surface area contributed by atoms with Gasteiger partial charge in [0.05, 0.1) is 12.3 Å². The molecule has 2 aliphatic rings. The van der Waals surface area contributed by atoms with Crippen molar-refractivity contribution in [3.8, 4) is 0 Å². The van der Waals surface area contributed by atoms with Crippen molar-refractivity contribution in [3.05, 3.63) is 0 Å². The lowest BCUT2D eigenvalue weighted by atomic mass is 9.68. The Morgan fingerprint density at radius 2 is 2.27 bits per heavy atom. The van der Waals surface area contributed by atoms with Gasteiger partial charge in [0, 0.05) is 13.1 Å². The van der Waals surface area contributed by atoms with Gasteiger partial charge in [-0.25, -0.2) is 0 Å². The van der Waals surface area contributed by atoms with Crippen LogP contribution in [0.25, 0.3) is 0 Å². The Hall–Kier alpha value is 0.400. The van der Waals surface area contributed by atoms with Crippen LogP contribution in [-0.2, 0) is 9.09 Å². The zero-order valence-corrected chi connectivity index (χ0v) is 10.7. The fourth-order valence-corrected chi connectivity index (χ4v) is 4.62. The molecule has 0 radical (unpaired) electrons. The number of hydrogen-bond donors (Lipinski definition) is 2.